The molecule has 2 fully saturated rings. The van der Waals surface area contributed by atoms with Crippen LogP contribution in [-0.4, -0.2) is 56.0 Å². The van der Waals surface area contributed by atoms with Gasteiger partial charge in [-0.15, -0.1) is 0 Å². The van der Waals surface area contributed by atoms with Gasteiger partial charge in [-0.2, -0.15) is 13.2 Å². The van der Waals surface area contributed by atoms with Crippen LogP contribution in [0, 0.1) is 5.92 Å². The van der Waals surface area contributed by atoms with Crippen molar-refractivity contribution in [3.05, 3.63) is 0 Å². The molecule has 1 heterocycles. The first-order chi connectivity index (χ1) is 9.49. The fourth-order valence-corrected chi connectivity index (χ4v) is 2.93. The lowest BCUT2D eigenvalue weighted by atomic mass is 10.0. The molecule has 6 heteroatoms. The van der Waals surface area contributed by atoms with E-state index < -0.39 is 12.8 Å². The molecule has 20 heavy (non-hydrogen) atoms. The van der Waals surface area contributed by atoms with E-state index in [0.717, 1.165) is 32.0 Å². The molecule has 2 aliphatic rings. The summed E-state index contributed by atoms with van der Waals surface area (Å²) in [7, 11) is 0. The third-order valence-electron chi connectivity index (χ3n) is 4.20. The SMILES string of the molecule is CCC1CN(CCCOCC(F)(F)F)C(C2CC2)CN1. The number of hydrogen-bond donors (Lipinski definition) is 1. The van der Waals surface area contributed by atoms with Crippen molar-refractivity contribution in [1.29, 1.82) is 0 Å². The normalized spacial score (nSPS) is 28.8. The maximum Gasteiger partial charge on any atom is 0.411 e. The van der Waals surface area contributed by atoms with Crippen LogP contribution < -0.4 is 5.32 Å². The fourth-order valence-electron chi connectivity index (χ4n) is 2.93. The van der Waals surface area contributed by atoms with Gasteiger partial charge in [-0.25, -0.2) is 0 Å². The predicted octanol–water partition coefficient (Wildman–Crippen LogP) is 2.42. The standard InChI is InChI=1S/C14H25F3N2O/c1-2-12-9-19(13(8-18-12)11-4-5-11)6-3-7-20-10-14(15,16)17/h11-13,18H,2-10H2,1H3. The summed E-state index contributed by atoms with van der Waals surface area (Å²) < 4.78 is 40.6. The average molecular weight is 294 g/mol. The molecule has 1 saturated heterocycles. The molecular weight excluding hydrogens is 269 g/mol. The predicted molar refractivity (Wildman–Crippen MR) is 71.7 cm³/mol. The Morgan fingerprint density at radius 2 is 2.05 bits per heavy atom. The maximum absolute atomic E-state index is 12.0. The number of nitrogens with one attached hydrogen (secondary N) is 1. The van der Waals surface area contributed by atoms with Crippen molar-refractivity contribution in [1.82, 2.24) is 10.2 Å². The Bertz CT molecular complexity index is 295. The number of hydrogen-bond acceptors (Lipinski definition) is 3. The van der Waals surface area contributed by atoms with Crippen LogP contribution in [0.4, 0.5) is 13.2 Å². The zero-order valence-corrected chi connectivity index (χ0v) is 12.1. The second kappa shape index (κ2) is 7.09. The Balaban J connectivity index is 1.68. The first-order valence-corrected chi connectivity index (χ1v) is 7.61. The minimum Gasteiger partial charge on any atom is -0.372 e. The molecule has 1 aliphatic carbocycles. The Hall–Kier alpha value is -0.330. The molecule has 0 aromatic rings. The molecule has 2 atom stereocenters. The highest BCUT2D eigenvalue weighted by Gasteiger charge is 2.38. The van der Waals surface area contributed by atoms with E-state index in [4.69, 9.17) is 0 Å². The first kappa shape index (κ1) is 16.0. The van der Waals surface area contributed by atoms with Gasteiger partial charge < -0.3 is 10.1 Å². The van der Waals surface area contributed by atoms with Crippen molar-refractivity contribution in [3.8, 4) is 0 Å². The van der Waals surface area contributed by atoms with E-state index in [1.54, 1.807) is 0 Å². The molecule has 3 nitrogen and oxygen atoms in total. The van der Waals surface area contributed by atoms with Gasteiger partial charge in [0, 0.05) is 38.3 Å². The molecule has 0 aromatic carbocycles. The molecule has 2 unspecified atom stereocenters. The van der Waals surface area contributed by atoms with Gasteiger partial charge in [0.2, 0.25) is 0 Å². The van der Waals surface area contributed by atoms with Gasteiger partial charge in [0.25, 0.3) is 0 Å². The van der Waals surface area contributed by atoms with Crippen LogP contribution in [0.2, 0.25) is 0 Å². The van der Waals surface area contributed by atoms with Crippen molar-refractivity contribution in [2.45, 2.75) is 50.9 Å². The van der Waals surface area contributed by atoms with Gasteiger partial charge >= 0.3 is 6.18 Å². The summed E-state index contributed by atoms with van der Waals surface area (Å²) in [4.78, 5) is 2.46. The summed E-state index contributed by atoms with van der Waals surface area (Å²) in [5.74, 6) is 0.788. The third kappa shape index (κ3) is 5.22. The minimum absolute atomic E-state index is 0.192. The number of nitrogens with zero attached hydrogens (tertiary/aromatic N) is 1. The molecule has 0 amide bonds. The Kier molecular flexibility index (Phi) is 5.69. The largest absolute Gasteiger partial charge is 0.411 e. The molecule has 0 aromatic heterocycles. The number of halogens is 3. The number of alkyl halides is 3. The molecule has 118 valence electrons. The highest BCUT2D eigenvalue weighted by atomic mass is 19.4. The smallest absolute Gasteiger partial charge is 0.372 e. The number of piperazine rings is 1. The molecule has 0 spiro atoms. The van der Waals surface area contributed by atoms with Gasteiger partial charge in [-0.05, 0) is 31.6 Å². The summed E-state index contributed by atoms with van der Waals surface area (Å²) in [6.07, 6.45) is 0.154. The second-order valence-electron chi connectivity index (χ2n) is 5.93. The van der Waals surface area contributed by atoms with Crippen molar-refractivity contribution in [2.75, 3.05) is 32.8 Å². The van der Waals surface area contributed by atoms with Gasteiger partial charge in [-0.1, -0.05) is 6.92 Å². The fraction of sp³-hybridized carbons (Fsp3) is 1.00. The van der Waals surface area contributed by atoms with Crippen LogP contribution in [-0.2, 0) is 4.74 Å². The lowest BCUT2D eigenvalue weighted by molar-refractivity contribution is -0.174. The Morgan fingerprint density at radius 1 is 1.30 bits per heavy atom. The highest BCUT2D eigenvalue weighted by molar-refractivity contribution is 4.94. The summed E-state index contributed by atoms with van der Waals surface area (Å²) in [5, 5.41) is 3.57. The van der Waals surface area contributed by atoms with E-state index in [-0.39, 0.29) is 6.61 Å². The zero-order chi connectivity index (χ0) is 14.6. The van der Waals surface area contributed by atoms with E-state index in [1.165, 1.54) is 12.8 Å². The molecule has 1 N–H and O–H groups in total. The molecule has 0 radical (unpaired) electrons. The summed E-state index contributed by atoms with van der Waals surface area (Å²) in [5.41, 5.74) is 0. The Morgan fingerprint density at radius 3 is 2.65 bits per heavy atom. The molecular formula is C14H25F3N2O. The van der Waals surface area contributed by atoms with E-state index in [1.807, 2.05) is 0 Å². The Labute approximate surface area is 118 Å². The maximum atomic E-state index is 12.0. The summed E-state index contributed by atoms with van der Waals surface area (Å²) >= 11 is 0. The van der Waals surface area contributed by atoms with E-state index in [2.05, 4.69) is 21.9 Å². The van der Waals surface area contributed by atoms with Gasteiger partial charge in [0.15, 0.2) is 0 Å². The van der Waals surface area contributed by atoms with Crippen molar-refractivity contribution in [2.24, 2.45) is 5.92 Å². The van der Waals surface area contributed by atoms with Crippen LogP contribution in [0.1, 0.15) is 32.6 Å². The van der Waals surface area contributed by atoms with E-state index in [9.17, 15) is 13.2 Å². The quantitative estimate of drug-likeness (QED) is 0.730. The topological polar surface area (TPSA) is 24.5 Å². The van der Waals surface area contributed by atoms with E-state index in [0.29, 0.717) is 18.5 Å². The van der Waals surface area contributed by atoms with Crippen molar-refractivity contribution < 1.29 is 17.9 Å². The monoisotopic (exact) mass is 294 g/mol. The zero-order valence-electron chi connectivity index (χ0n) is 12.1. The third-order valence-corrected chi connectivity index (χ3v) is 4.20. The first-order valence-electron chi connectivity index (χ1n) is 7.61. The van der Waals surface area contributed by atoms with Gasteiger partial charge in [-0.3, -0.25) is 4.90 Å². The molecule has 2 rings (SSSR count). The van der Waals surface area contributed by atoms with E-state index >= 15 is 0 Å². The van der Waals surface area contributed by atoms with Crippen LogP contribution in [0.25, 0.3) is 0 Å². The lowest BCUT2D eigenvalue weighted by Gasteiger charge is -2.40. The second-order valence-corrected chi connectivity index (χ2v) is 5.93. The summed E-state index contributed by atoms with van der Waals surface area (Å²) in [6, 6.07) is 1.08. The van der Waals surface area contributed by atoms with Crippen molar-refractivity contribution >= 4 is 0 Å². The van der Waals surface area contributed by atoms with Crippen LogP contribution in [0.3, 0.4) is 0 Å². The van der Waals surface area contributed by atoms with Crippen LogP contribution in [0.5, 0.6) is 0 Å². The highest BCUT2D eigenvalue weighted by Crippen LogP contribution is 2.36. The molecule has 1 aliphatic heterocycles. The van der Waals surface area contributed by atoms with Crippen LogP contribution in [0.15, 0.2) is 0 Å². The van der Waals surface area contributed by atoms with Crippen molar-refractivity contribution in [3.63, 3.8) is 0 Å². The average Bonchev–Trinajstić information content (AvgIpc) is 3.21. The number of rotatable bonds is 7. The number of ether oxygens (including phenoxy) is 1. The summed E-state index contributed by atoms with van der Waals surface area (Å²) in [6.45, 7) is 4.11. The van der Waals surface area contributed by atoms with Gasteiger partial charge in [0.05, 0.1) is 0 Å². The molecule has 0 bridgehead atoms. The lowest BCUT2D eigenvalue weighted by Crippen LogP contribution is -2.57. The van der Waals surface area contributed by atoms with Crippen LogP contribution >= 0.6 is 0 Å². The minimum atomic E-state index is -4.21. The van der Waals surface area contributed by atoms with Gasteiger partial charge in [0.1, 0.15) is 6.61 Å². The molecule has 1 saturated carbocycles.